The van der Waals surface area contributed by atoms with E-state index in [1.54, 1.807) is 6.92 Å². The lowest BCUT2D eigenvalue weighted by atomic mass is 10.2. The summed E-state index contributed by atoms with van der Waals surface area (Å²) >= 11 is 0. The topological polar surface area (TPSA) is 29.1 Å². The van der Waals surface area contributed by atoms with Crippen molar-refractivity contribution in [1.82, 2.24) is 5.32 Å². The fourth-order valence-corrected chi connectivity index (χ4v) is 1.20. The molecule has 0 aromatic carbocycles. The summed E-state index contributed by atoms with van der Waals surface area (Å²) in [7, 11) is 6.25. The van der Waals surface area contributed by atoms with E-state index >= 15 is 0 Å². The van der Waals surface area contributed by atoms with Gasteiger partial charge in [-0.1, -0.05) is 13.5 Å². The maximum atomic E-state index is 11.5. The van der Waals surface area contributed by atoms with Crippen molar-refractivity contribution in [2.75, 3.05) is 21.1 Å². The lowest BCUT2D eigenvalue weighted by Crippen LogP contribution is -2.55. The molecule has 1 unspecified atom stereocenters. The Labute approximate surface area is 87.4 Å². The van der Waals surface area contributed by atoms with Crippen LogP contribution in [0.15, 0.2) is 12.2 Å². The summed E-state index contributed by atoms with van der Waals surface area (Å²) in [4.78, 5) is 11.5. The molecular formula is C11H23N2O+. The molecule has 82 valence electrons. The number of hydrogen-bond donors (Lipinski definition) is 1. The Morgan fingerprint density at radius 1 is 1.43 bits per heavy atom. The minimum atomic E-state index is -0.0449. The summed E-state index contributed by atoms with van der Waals surface area (Å²) in [6, 6.07) is 0. The molecule has 1 atom stereocenters. The van der Waals surface area contributed by atoms with Crippen LogP contribution in [-0.2, 0) is 4.79 Å². The lowest BCUT2D eigenvalue weighted by Gasteiger charge is -2.34. The van der Waals surface area contributed by atoms with Crippen molar-refractivity contribution >= 4 is 5.91 Å². The van der Waals surface area contributed by atoms with Crippen molar-refractivity contribution in [2.24, 2.45) is 0 Å². The van der Waals surface area contributed by atoms with Crippen molar-refractivity contribution in [3.63, 3.8) is 0 Å². The van der Waals surface area contributed by atoms with Gasteiger partial charge >= 0.3 is 0 Å². The second-order valence-corrected chi connectivity index (χ2v) is 4.67. The van der Waals surface area contributed by atoms with Gasteiger partial charge in [0.05, 0.1) is 21.1 Å². The predicted molar refractivity (Wildman–Crippen MR) is 59.7 cm³/mol. The summed E-state index contributed by atoms with van der Waals surface area (Å²) in [5, 5.41) is 2.99. The summed E-state index contributed by atoms with van der Waals surface area (Å²) in [6.07, 6.45) is 2.23. The number of rotatable bonds is 5. The standard InChI is InChI=1S/C11H22N2O/c1-7-8-10(13(4,5)6)12-11(14)9(2)3/h10H,2,7-8H2,1,3-6H3/p+1. The molecule has 1 N–H and O–H groups in total. The van der Waals surface area contributed by atoms with Crippen molar-refractivity contribution in [3.05, 3.63) is 12.2 Å². The Morgan fingerprint density at radius 3 is 2.21 bits per heavy atom. The van der Waals surface area contributed by atoms with Gasteiger partial charge in [-0.05, 0) is 13.3 Å². The molecule has 0 aliphatic heterocycles. The Balaban J connectivity index is 4.38. The summed E-state index contributed by atoms with van der Waals surface area (Å²) in [5.74, 6) is -0.0449. The molecule has 0 aromatic heterocycles. The van der Waals surface area contributed by atoms with Crippen LogP contribution in [-0.4, -0.2) is 37.7 Å². The fourth-order valence-electron chi connectivity index (χ4n) is 1.20. The van der Waals surface area contributed by atoms with E-state index in [2.05, 4.69) is 40.0 Å². The van der Waals surface area contributed by atoms with Crippen molar-refractivity contribution in [3.8, 4) is 0 Å². The first-order chi connectivity index (χ1) is 6.29. The van der Waals surface area contributed by atoms with Gasteiger partial charge in [0.1, 0.15) is 0 Å². The molecule has 0 saturated heterocycles. The predicted octanol–water partition coefficient (Wildman–Crippen LogP) is 1.51. The normalized spacial score (nSPS) is 13.5. The highest BCUT2D eigenvalue weighted by Crippen LogP contribution is 2.07. The van der Waals surface area contributed by atoms with Gasteiger partial charge in [-0.15, -0.1) is 0 Å². The number of hydrogen-bond acceptors (Lipinski definition) is 1. The van der Waals surface area contributed by atoms with Gasteiger partial charge in [-0.2, -0.15) is 0 Å². The number of nitrogens with one attached hydrogen (secondary N) is 1. The molecule has 0 aliphatic rings. The molecule has 3 nitrogen and oxygen atoms in total. The highest BCUT2D eigenvalue weighted by molar-refractivity contribution is 5.92. The molecule has 0 aliphatic carbocycles. The summed E-state index contributed by atoms with van der Waals surface area (Å²) in [6.45, 7) is 7.48. The minimum Gasteiger partial charge on any atom is -0.311 e. The van der Waals surface area contributed by atoms with Crippen LogP contribution in [0.2, 0.25) is 0 Å². The third kappa shape index (κ3) is 4.42. The van der Waals surface area contributed by atoms with Crippen LogP contribution < -0.4 is 5.32 Å². The molecule has 0 heterocycles. The average molecular weight is 199 g/mol. The molecular weight excluding hydrogens is 176 g/mol. The minimum absolute atomic E-state index is 0.0449. The van der Waals surface area contributed by atoms with Crippen LogP contribution in [0.25, 0.3) is 0 Å². The Morgan fingerprint density at radius 2 is 1.93 bits per heavy atom. The highest BCUT2D eigenvalue weighted by Gasteiger charge is 2.24. The van der Waals surface area contributed by atoms with Crippen molar-refractivity contribution in [2.45, 2.75) is 32.9 Å². The number of carbonyl (C=O) groups is 1. The quantitative estimate of drug-likeness (QED) is 0.406. The van der Waals surface area contributed by atoms with Gasteiger partial charge < -0.3 is 9.80 Å². The highest BCUT2D eigenvalue weighted by atomic mass is 16.1. The molecule has 0 fully saturated rings. The number of carbonyl (C=O) groups excluding carboxylic acids is 1. The van der Waals surface area contributed by atoms with E-state index in [0.717, 1.165) is 17.3 Å². The van der Waals surface area contributed by atoms with E-state index in [9.17, 15) is 4.79 Å². The van der Waals surface area contributed by atoms with E-state index in [1.165, 1.54) is 0 Å². The smallest absolute Gasteiger partial charge is 0.250 e. The lowest BCUT2D eigenvalue weighted by molar-refractivity contribution is -0.898. The number of amides is 1. The Kier molecular flexibility index (Phi) is 4.85. The second kappa shape index (κ2) is 5.15. The first-order valence-corrected chi connectivity index (χ1v) is 5.06. The SMILES string of the molecule is C=C(C)C(=O)NC(CCC)[N+](C)(C)C. The van der Waals surface area contributed by atoms with E-state index in [1.807, 2.05) is 0 Å². The van der Waals surface area contributed by atoms with Gasteiger partial charge in [0.25, 0.3) is 5.91 Å². The molecule has 0 bridgehead atoms. The molecule has 0 spiro atoms. The van der Waals surface area contributed by atoms with Crippen LogP contribution in [0.3, 0.4) is 0 Å². The van der Waals surface area contributed by atoms with E-state index in [-0.39, 0.29) is 12.1 Å². The molecule has 14 heavy (non-hydrogen) atoms. The Bertz CT molecular complexity index is 216. The number of nitrogens with zero attached hydrogens (tertiary/aromatic N) is 1. The van der Waals surface area contributed by atoms with Gasteiger partial charge in [0, 0.05) is 12.0 Å². The van der Waals surface area contributed by atoms with E-state index < -0.39 is 0 Å². The first-order valence-electron chi connectivity index (χ1n) is 5.06. The fraction of sp³-hybridized carbons (Fsp3) is 0.727. The zero-order chi connectivity index (χ0) is 11.4. The Hall–Kier alpha value is -0.830. The summed E-state index contributed by atoms with van der Waals surface area (Å²) in [5.41, 5.74) is 0.569. The van der Waals surface area contributed by atoms with Crippen LogP contribution >= 0.6 is 0 Å². The maximum Gasteiger partial charge on any atom is 0.250 e. The van der Waals surface area contributed by atoms with Gasteiger partial charge in [-0.3, -0.25) is 4.79 Å². The zero-order valence-corrected chi connectivity index (χ0v) is 10.1. The molecule has 0 aromatic rings. The van der Waals surface area contributed by atoms with Crippen LogP contribution in [0.1, 0.15) is 26.7 Å². The second-order valence-electron chi connectivity index (χ2n) is 4.67. The van der Waals surface area contributed by atoms with Crippen molar-refractivity contribution in [1.29, 1.82) is 0 Å². The van der Waals surface area contributed by atoms with Gasteiger partial charge in [0.2, 0.25) is 0 Å². The molecule has 0 radical (unpaired) electrons. The van der Waals surface area contributed by atoms with E-state index in [0.29, 0.717) is 5.57 Å². The average Bonchev–Trinajstić information content (AvgIpc) is 2.01. The van der Waals surface area contributed by atoms with Crippen LogP contribution in [0.5, 0.6) is 0 Å². The van der Waals surface area contributed by atoms with Crippen LogP contribution in [0.4, 0.5) is 0 Å². The third-order valence-electron chi connectivity index (χ3n) is 2.18. The maximum absolute atomic E-state index is 11.5. The molecule has 3 heteroatoms. The van der Waals surface area contributed by atoms with Crippen LogP contribution in [0, 0.1) is 0 Å². The monoisotopic (exact) mass is 199 g/mol. The van der Waals surface area contributed by atoms with Crippen molar-refractivity contribution < 1.29 is 9.28 Å². The van der Waals surface area contributed by atoms with E-state index in [4.69, 9.17) is 0 Å². The summed E-state index contributed by atoms with van der Waals surface area (Å²) < 4.78 is 0.743. The van der Waals surface area contributed by atoms with Gasteiger partial charge in [-0.25, -0.2) is 0 Å². The molecule has 1 amide bonds. The largest absolute Gasteiger partial charge is 0.311 e. The molecule has 0 rings (SSSR count). The number of quaternary nitrogens is 1. The molecule has 0 saturated carbocycles. The van der Waals surface area contributed by atoms with Gasteiger partial charge in [0.15, 0.2) is 6.17 Å². The first kappa shape index (κ1) is 13.2. The third-order valence-corrected chi connectivity index (χ3v) is 2.18. The zero-order valence-electron chi connectivity index (χ0n) is 10.1.